The van der Waals surface area contributed by atoms with Gasteiger partial charge in [0, 0.05) is 38.5 Å². The summed E-state index contributed by atoms with van der Waals surface area (Å²) in [4.78, 5) is 25.5. The zero-order valence-electron chi connectivity index (χ0n) is 11.6. The van der Waals surface area contributed by atoms with Crippen LogP contribution in [0.25, 0.3) is 0 Å². The Morgan fingerprint density at radius 2 is 1.95 bits per heavy atom. The summed E-state index contributed by atoms with van der Waals surface area (Å²) in [6.45, 7) is 3.27. The smallest absolute Gasteiger partial charge is 0.224 e. The molecule has 5 heteroatoms. The SMILES string of the molecule is O=C(CC1CCCN1)NCCC(=O)N1CCCCC1. The third-order valence-corrected chi connectivity index (χ3v) is 3.96. The molecule has 2 heterocycles. The van der Waals surface area contributed by atoms with Crippen molar-refractivity contribution in [2.24, 2.45) is 0 Å². The Morgan fingerprint density at radius 3 is 2.63 bits per heavy atom. The quantitative estimate of drug-likeness (QED) is 0.769. The van der Waals surface area contributed by atoms with Gasteiger partial charge in [0.2, 0.25) is 11.8 Å². The minimum Gasteiger partial charge on any atom is -0.356 e. The second kappa shape index (κ2) is 7.48. The summed E-state index contributed by atoms with van der Waals surface area (Å²) >= 11 is 0. The Morgan fingerprint density at radius 1 is 1.16 bits per heavy atom. The van der Waals surface area contributed by atoms with Crippen LogP contribution < -0.4 is 10.6 Å². The maximum atomic E-state index is 11.9. The second-order valence-electron chi connectivity index (χ2n) is 5.54. The first-order valence-electron chi connectivity index (χ1n) is 7.53. The Hall–Kier alpha value is -1.10. The van der Waals surface area contributed by atoms with E-state index in [9.17, 15) is 9.59 Å². The lowest BCUT2D eigenvalue weighted by Crippen LogP contribution is -2.38. The van der Waals surface area contributed by atoms with Crippen LogP contribution in [0, 0.1) is 0 Å². The first-order chi connectivity index (χ1) is 9.25. The maximum Gasteiger partial charge on any atom is 0.224 e. The molecular formula is C14H25N3O2. The van der Waals surface area contributed by atoms with Crippen molar-refractivity contribution in [3.8, 4) is 0 Å². The number of nitrogens with zero attached hydrogens (tertiary/aromatic N) is 1. The molecule has 2 aliphatic heterocycles. The Labute approximate surface area is 115 Å². The fraction of sp³-hybridized carbons (Fsp3) is 0.857. The minimum atomic E-state index is 0.0610. The second-order valence-corrected chi connectivity index (χ2v) is 5.54. The van der Waals surface area contributed by atoms with Crippen molar-refractivity contribution in [2.45, 2.75) is 51.0 Å². The van der Waals surface area contributed by atoms with Gasteiger partial charge in [-0.1, -0.05) is 0 Å². The predicted octanol–water partition coefficient (Wildman–Crippen LogP) is 0.647. The third kappa shape index (κ3) is 4.82. The Bertz CT molecular complexity index is 308. The predicted molar refractivity (Wildman–Crippen MR) is 73.7 cm³/mol. The number of hydrogen-bond donors (Lipinski definition) is 2. The molecule has 1 atom stereocenters. The molecule has 0 aliphatic carbocycles. The summed E-state index contributed by atoms with van der Waals surface area (Å²) in [5.74, 6) is 0.241. The topological polar surface area (TPSA) is 61.4 Å². The van der Waals surface area contributed by atoms with Crippen molar-refractivity contribution >= 4 is 11.8 Å². The molecule has 0 radical (unpaired) electrons. The van der Waals surface area contributed by atoms with Crippen molar-refractivity contribution in [1.29, 1.82) is 0 Å². The van der Waals surface area contributed by atoms with Gasteiger partial charge in [0.05, 0.1) is 0 Å². The highest BCUT2D eigenvalue weighted by atomic mass is 16.2. The highest BCUT2D eigenvalue weighted by Gasteiger charge is 2.18. The van der Waals surface area contributed by atoms with Crippen LogP contribution in [0.4, 0.5) is 0 Å². The van der Waals surface area contributed by atoms with E-state index in [4.69, 9.17) is 0 Å². The molecule has 0 aromatic heterocycles. The number of piperidine rings is 1. The molecule has 0 aromatic carbocycles. The van der Waals surface area contributed by atoms with Crippen molar-refractivity contribution in [3.63, 3.8) is 0 Å². The van der Waals surface area contributed by atoms with Gasteiger partial charge in [0.15, 0.2) is 0 Å². The zero-order chi connectivity index (χ0) is 13.5. The molecule has 0 spiro atoms. The molecule has 0 bridgehead atoms. The molecule has 2 amide bonds. The van der Waals surface area contributed by atoms with Crippen LogP contribution in [-0.2, 0) is 9.59 Å². The van der Waals surface area contributed by atoms with Gasteiger partial charge in [0.1, 0.15) is 0 Å². The van der Waals surface area contributed by atoms with E-state index >= 15 is 0 Å². The lowest BCUT2D eigenvalue weighted by atomic mass is 10.1. The van der Waals surface area contributed by atoms with Gasteiger partial charge in [-0.05, 0) is 38.6 Å². The van der Waals surface area contributed by atoms with Gasteiger partial charge in [-0.25, -0.2) is 0 Å². The third-order valence-electron chi connectivity index (χ3n) is 3.96. The molecule has 2 rings (SSSR count). The van der Waals surface area contributed by atoms with Crippen molar-refractivity contribution in [1.82, 2.24) is 15.5 Å². The first-order valence-corrected chi connectivity index (χ1v) is 7.53. The van der Waals surface area contributed by atoms with E-state index in [1.54, 1.807) is 0 Å². The molecule has 5 nitrogen and oxygen atoms in total. The van der Waals surface area contributed by atoms with Gasteiger partial charge in [-0.15, -0.1) is 0 Å². The molecule has 2 N–H and O–H groups in total. The molecule has 0 saturated carbocycles. The van der Waals surface area contributed by atoms with E-state index in [0.29, 0.717) is 25.4 Å². The summed E-state index contributed by atoms with van der Waals surface area (Å²) in [6.07, 6.45) is 6.68. The number of amides is 2. The summed E-state index contributed by atoms with van der Waals surface area (Å²) in [6, 6.07) is 0.331. The standard InChI is InChI=1S/C14H25N3O2/c18-13(11-12-5-4-7-15-12)16-8-6-14(19)17-9-2-1-3-10-17/h12,15H,1-11H2,(H,16,18). The number of nitrogens with one attached hydrogen (secondary N) is 2. The van der Waals surface area contributed by atoms with Crippen LogP contribution in [0.15, 0.2) is 0 Å². The summed E-state index contributed by atoms with van der Waals surface area (Å²) in [5, 5.41) is 6.16. The average molecular weight is 267 g/mol. The molecule has 108 valence electrons. The largest absolute Gasteiger partial charge is 0.356 e. The fourth-order valence-corrected chi connectivity index (χ4v) is 2.84. The van der Waals surface area contributed by atoms with Crippen LogP contribution in [0.2, 0.25) is 0 Å². The minimum absolute atomic E-state index is 0.0610. The number of hydrogen-bond acceptors (Lipinski definition) is 3. The van der Waals surface area contributed by atoms with Crippen LogP contribution in [0.3, 0.4) is 0 Å². The Balaban J connectivity index is 1.57. The number of likely N-dealkylation sites (tertiary alicyclic amines) is 1. The van der Waals surface area contributed by atoms with E-state index in [1.807, 2.05) is 4.90 Å². The number of carbonyl (C=O) groups is 2. The lowest BCUT2D eigenvalue weighted by Gasteiger charge is -2.26. The van der Waals surface area contributed by atoms with Crippen molar-refractivity contribution in [3.05, 3.63) is 0 Å². The fourth-order valence-electron chi connectivity index (χ4n) is 2.84. The van der Waals surface area contributed by atoms with E-state index in [-0.39, 0.29) is 11.8 Å². The van der Waals surface area contributed by atoms with E-state index in [0.717, 1.165) is 45.3 Å². The summed E-state index contributed by atoms with van der Waals surface area (Å²) in [7, 11) is 0. The summed E-state index contributed by atoms with van der Waals surface area (Å²) in [5.41, 5.74) is 0. The lowest BCUT2D eigenvalue weighted by molar-refractivity contribution is -0.132. The molecule has 1 unspecified atom stereocenters. The Kier molecular flexibility index (Phi) is 5.63. The molecule has 2 fully saturated rings. The molecule has 2 saturated heterocycles. The normalized spacial score (nSPS) is 23.4. The van der Waals surface area contributed by atoms with E-state index in [2.05, 4.69) is 10.6 Å². The zero-order valence-corrected chi connectivity index (χ0v) is 11.6. The van der Waals surface area contributed by atoms with E-state index < -0.39 is 0 Å². The van der Waals surface area contributed by atoms with Gasteiger partial charge in [0.25, 0.3) is 0 Å². The van der Waals surface area contributed by atoms with Gasteiger partial charge < -0.3 is 15.5 Å². The molecule has 19 heavy (non-hydrogen) atoms. The van der Waals surface area contributed by atoms with Gasteiger partial charge >= 0.3 is 0 Å². The van der Waals surface area contributed by atoms with Crippen LogP contribution in [0.5, 0.6) is 0 Å². The highest BCUT2D eigenvalue weighted by molar-refractivity contribution is 5.79. The van der Waals surface area contributed by atoms with Crippen molar-refractivity contribution in [2.75, 3.05) is 26.2 Å². The summed E-state index contributed by atoms with van der Waals surface area (Å²) < 4.78 is 0. The highest BCUT2D eigenvalue weighted by Crippen LogP contribution is 2.10. The molecule has 0 aromatic rings. The van der Waals surface area contributed by atoms with Crippen LogP contribution in [-0.4, -0.2) is 48.9 Å². The van der Waals surface area contributed by atoms with Gasteiger partial charge in [-0.3, -0.25) is 9.59 Å². The maximum absolute atomic E-state index is 11.9. The van der Waals surface area contributed by atoms with Crippen molar-refractivity contribution < 1.29 is 9.59 Å². The van der Waals surface area contributed by atoms with Crippen LogP contribution >= 0.6 is 0 Å². The number of rotatable bonds is 5. The average Bonchev–Trinajstić information content (AvgIpc) is 2.92. The van der Waals surface area contributed by atoms with E-state index in [1.165, 1.54) is 6.42 Å². The van der Waals surface area contributed by atoms with Crippen LogP contribution in [0.1, 0.15) is 44.9 Å². The monoisotopic (exact) mass is 267 g/mol. The first kappa shape index (κ1) is 14.3. The number of carbonyl (C=O) groups excluding carboxylic acids is 2. The molecular weight excluding hydrogens is 242 g/mol. The molecule has 2 aliphatic rings. The van der Waals surface area contributed by atoms with Gasteiger partial charge in [-0.2, -0.15) is 0 Å².